The summed E-state index contributed by atoms with van der Waals surface area (Å²) >= 11 is 8.15. The predicted molar refractivity (Wildman–Crippen MR) is 75.2 cm³/mol. The van der Waals surface area contributed by atoms with Crippen LogP contribution in [0, 0.1) is 0 Å². The van der Waals surface area contributed by atoms with Gasteiger partial charge in [0.05, 0.1) is 5.02 Å². The van der Waals surface area contributed by atoms with E-state index in [0.29, 0.717) is 11.1 Å². The second kappa shape index (κ2) is 5.98. The Balaban J connectivity index is 2.03. The van der Waals surface area contributed by atoms with Crippen molar-refractivity contribution in [3.05, 3.63) is 28.8 Å². The number of ether oxygens (including phenoxy) is 1. The normalized spacial score (nSPS) is 21.5. The summed E-state index contributed by atoms with van der Waals surface area (Å²) in [5, 5.41) is 0.694. The van der Waals surface area contributed by atoms with E-state index in [-0.39, 0.29) is 6.04 Å². The van der Waals surface area contributed by atoms with Crippen molar-refractivity contribution < 1.29 is 4.74 Å². The van der Waals surface area contributed by atoms with Crippen LogP contribution in [0.25, 0.3) is 0 Å². The second-order valence-electron chi connectivity index (χ2n) is 4.55. The van der Waals surface area contributed by atoms with E-state index in [0.717, 1.165) is 29.9 Å². The Labute approximate surface area is 112 Å². The zero-order chi connectivity index (χ0) is 12.3. The number of rotatable bonds is 4. The molecule has 2 nitrogen and oxygen atoms in total. The van der Waals surface area contributed by atoms with Crippen molar-refractivity contribution in [2.24, 2.45) is 5.73 Å². The molecule has 0 saturated carbocycles. The van der Waals surface area contributed by atoms with Gasteiger partial charge in [-0.05, 0) is 43.2 Å². The summed E-state index contributed by atoms with van der Waals surface area (Å²) in [7, 11) is 0. The number of benzene rings is 1. The lowest BCUT2D eigenvalue weighted by molar-refractivity contribution is 0.229. The van der Waals surface area contributed by atoms with Crippen LogP contribution in [0.5, 0.6) is 5.75 Å². The molecule has 0 amide bonds. The average Bonchev–Trinajstić information content (AvgIpc) is 2.74. The number of thioether (sulfide) groups is 1. The molecule has 1 aliphatic heterocycles. The van der Waals surface area contributed by atoms with Crippen molar-refractivity contribution in [3.8, 4) is 5.75 Å². The van der Waals surface area contributed by atoms with E-state index < -0.39 is 0 Å². The van der Waals surface area contributed by atoms with Gasteiger partial charge >= 0.3 is 0 Å². The van der Waals surface area contributed by atoms with E-state index in [1.54, 1.807) is 0 Å². The van der Waals surface area contributed by atoms with Gasteiger partial charge in [0.1, 0.15) is 11.9 Å². The smallest absolute Gasteiger partial charge is 0.138 e. The van der Waals surface area contributed by atoms with Crippen molar-refractivity contribution in [3.63, 3.8) is 0 Å². The third kappa shape index (κ3) is 3.80. The van der Waals surface area contributed by atoms with Crippen LogP contribution in [0.15, 0.2) is 18.2 Å². The lowest BCUT2D eigenvalue weighted by atomic mass is 10.1. The molecule has 17 heavy (non-hydrogen) atoms. The zero-order valence-electron chi connectivity index (χ0n) is 9.99. The molecule has 0 aliphatic carbocycles. The van der Waals surface area contributed by atoms with Crippen LogP contribution in [0.4, 0.5) is 0 Å². The molecule has 0 spiro atoms. The maximum Gasteiger partial charge on any atom is 0.138 e. The van der Waals surface area contributed by atoms with E-state index >= 15 is 0 Å². The maximum absolute atomic E-state index is 6.22. The van der Waals surface area contributed by atoms with Gasteiger partial charge in [0, 0.05) is 11.8 Å². The van der Waals surface area contributed by atoms with Crippen molar-refractivity contribution in [1.82, 2.24) is 0 Å². The highest BCUT2D eigenvalue weighted by Gasteiger charge is 2.18. The minimum Gasteiger partial charge on any atom is -0.488 e. The second-order valence-corrected chi connectivity index (χ2v) is 6.11. The van der Waals surface area contributed by atoms with Crippen molar-refractivity contribution in [2.45, 2.75) is 31.9 Å². The summed E-state index contributed by atoms with van der Waals surface area (Å²) < 4.78 is 5.88. The van der Waals surface area contributed by atoms with Crippen LogP contribution in [0.2, 0.25) is 5.02 Å². The summed E-state index contributed by atoms with van der Waals surface area (Å²) in [5.41, 5.74) is 6.93. The Morgan fingerprint density at radius 2 is 2.41 bits per heavy atom. The molecule has 1 aromatic carbocycles. The first-order valence-corrected chi connectivity index (χ1v) is 7.47. The quantitative estimate of drug-likeness (QED) is 0.914. The first-order chi connectivity index (χ1) is 8.15. The highest BCUT2D eigenvalue weighted by atomic mass is 35.5. The number of halogens is 1. The van der Waals surface area contributed by atoms with Gasteiger partial charge in [0.15, 0.2) is 0 Å². The lowest BCUT2D eigenvalue weighted by Crippen LogP contribution is -2.18. The molecule has 2 N–H and O–H groups in total. The molecule has 1 aromatic rings. The lowest BCUT2D eigenvalue weighted by Gasteiger charge is -2.14. The van der Waals surface area contributed by atoms with Gasteiger partial charge in [-0.3, -0.25) is 0 Å². The van der Waals surface area contributed by atoms with Crippen molar-refractivity contribution in [1.29, 1.82) is 0 Å². The SMILES string of the molecule is CC(N)Cc1ccc(OC2CCSC2)c(Cl)c1. The maximum atomic E-state index is 6.22. The molecule has 0 bridgehead atoms. The molecule has 1 heterocycles. The van der Waals surface area contributed by atoms with Crippen LogP contribution in [0.3, 0.4) is 0 Å². The predicted octanol–water partition coefficient (Wildman–Crippen LogP) is 3.11. The summed E-state index contributed by atoms with van der Waals surface area (Å²) in [6.07, 6.45) is 2.28. The monoisotopic (exact) mass is 271 g/mol. The van der Waals surface area contributed by atoms with Gasteiger partial charge in [-0.25, -0.2) is 0 Å². The molecule has 1 saturated heterocycles. The summed E-state index contributed by atoms with van der Waals surface area (Å²) in [6, 6.07) is 6.13. The highest BCUT2D eigenvalue weighted by molar-refractivity contribution is 7.99. The van der Waals surface area contributed by atoms with Crippen LogP contribution in [-0.2, 0) is 6.42 Å². The van der Waals surface area contributed by atoms with Gasteiger partial charge < -0.3 is 10.5 Å². The minimum atomic E-state index is 0.157. The standard InChI is InChI=1S/C13H18ClNOS/c1-9(15)6-10-2-3-13(12(14)7-10)16-11-4-5-17-8-11/h2-3,7,9,11H,4-6,8,15H2,1H3. The van der Waals surface area contributed by atoms with Gasteiger partial charge in [-0.1, -0.05) is 17.7 Å². The zero-order valence-corrected chi connectivity index (χ0v) is 11.6. The number of nitrogens with two attached hydrogens (primary N) is 1. The molecule has 2 rings (SSSR count). The summed E-state index contributed by atoms with van der Waals surface area (Å²) in [6.45, 7) is 1.99. The Hall–Kier alpha value is -0.380. The molecular weight excluding hydrogens is 254 g/mol. The molecule has 4 heteroatoms. The topological polar surface area (TPSA) is 35.2 Å². The molecule has 0 aromatic heterocycles. The molecule has 0 radical (unpaired) electrons. The van der Waals surface area contributed by atoms with Gasteiger partial charge in [0.2, 0.25) is 0 Å². The van der Waals surface area contributed by atoms with E-state index in [4.69, 9.17) is 22.1 Å². The Kier molecular flexibility index (Phi) is 4.60. The molecule has 2 unspecified atom stereocenters. The largest absolute Gasteiger partial charge is 0.488 e. The summed E-state index contributed by atoms with van der Waals surface area (Å²) in [4.78, 5) is 0. The Morgan fingerprint density at radius 1 is 1.59 bits per heavy atom. The van der Waals surface area contributed by atoms with Crippen molar-refractivity contribution >= 4 is 23.4 Å². The van der Waals surface area contributed by atoms with Crippen LogP contribution < -0.4 is 10.5 Å². The fourth-order valence-corrected chi connectivity index (χ4v) is 3.27. The molecular formula is C13H18ClNOS. The third-order valence-corrected chi connectivity index (χ3v) is 4.16. The fraction of sp³-hybridized carbons (Fsp3) is 0.538. The minimum absolute atomic E-state index is 0.157. The average molecular weight is 272 g/mol. The number of hydrogen-bond acceptors (Lipinski definition) is 3. The van der Waals surface area contributed by atoms with Crippen LogP contribution in [-0.4, -0.2) is 23.7 Å². The van der Waals surface area contributed by atoms with Gasteiger partial charge in [-0.15, -0.1) is 0 Å². The van der Waals surface area contributed by atoms with Gasteiger partial charge in [0.25, 0.3) is 0 Å². The van der Waals surface area contributed by atoms with E-state index in [9.17, 15) is 0 Å². The van der Waals surface area contributed by atoms with Crippen LogP contribution >= 0.6 is 23.4 Å². The first kappa shape index (κ1) is 13.1. The fourth-order valence-electron chi connectivity index (χ4n) is 1.92. The highest BCUT2D eigenvalue weighted by Crippen LogP contribution is 2.30. The number of hydrogen-bond donors (Lipinski definition) is 1. The third-order valence-electron chi connectivity index (χ3n) is 2.74. The van der Waals surface area contributed by atoms with Crippen LogP contribution in [0.1, 0.15) is 18.9 Å². The van der Waals surface area contributed by atoms with Gasteiger partial charge in [-0.2, -0.15) is 11.8 Å². The molecule has 2 atom stereocenters. The van der Waals surface area contributed by atoms with E-state index in [2.05, 4.69) is 0 Å². The Morgan fingerprint density at radius 3 is 3.00 bits per heavy atom. The molecule has 1 aliphatic rings. The van der Waals surface area contributed by atoms with E-state index in [1.807, 2.05) is 36.9 Å². The van der Waals surface area contributed by atoms with E-state index in [1.165, 1.54) is 5.75 Å². The molecule has 1 fully saturated rings. The summed E-state index contributed by atoms with van der Waals surface area (Å²) in [5.74, 6) is 3.05. The van der Waals surface area contributed by atoms with Crippen molar-refractivity contribution in [2.75, 3.05) is 11.5 Å². The first-order valence-electron chi connectivity index (χ1n) is 5.93. The Bertz CT molecular complexity index is 378. The molecule has 94 valence electrons.